The van der Waals surface area contributed by atoms with Crippen molar-refractivity contribution in [1.82, 2.24) is 14.5 Å². The first-order valence-electron chi connectivity index (χ1n) is 8.96. The normalized spacial score (nSPS) is 11.2. The van der Waals surface area contributed by atoms with Crippen LogP contribution in [0, 0.1) is 0 Å². The van der Waals surface area contributed by atoms with Crippen molar-refractivity contribution in [1.29, 1.82) is 0 Å². The Balaban J connectivity index is 1.96. The molecule has 4 aromatic rings. The van der Waals surface area contributed by atoms with Gasteiger partial charge in [0.25, 0.3) is 0 Å². The van der Waals surface area contributed by atoms with Crippen LogP contribution >= 0.6 is 11.6 Å². The molecule has 0 saturated heterocycles. The average Bonchev–Trinajstić information content (AvgIpc) is 3.14. The van der Waals surface area contributed by atoms with Crippen LogP contribution < -0.4 is 0 Å². The number of halogens is 1. The molecule has 26 heavy (non-hydrogen) atoms. The number of benzene rings is 2. The molecule has 0 amide bonds. The largest absolute Gasteiger partial charge is 0.287 e. The Morgan fingerprint density at radius 3 is 2.46 bits per heavy atom. The molecule has 0 N–H and O–H groups in total. The van der Waals surface area contributed by atoms with Crippen LogP contribution in [0.3, 0.4) is 0 Å². The lowest BCUT2D eigenvalue weighted by Crippen LogP contribution is -2.05. The summed E-state index contributed by atoms with van der Waals surface area (Å²) in [4.78, 5) is 9.30. The highest BCUT2D eigenvalue weighted by Gasteiger charge is 2.16. The second kappa shape index (κ2) is 7.30. The summed E-state index contributed by atoms with van der Waals surface area (Å²) >= 11 is 6.67. The lowest BCUT2D eigenvalue weighted by atomic mass is 10.0. The van der Waals surface area contributed by atoms with E-state index in [0.717, 1.165) is 52.8 Å². The molecule has 4 heteroatoms. The predicted octanol–water partition coefficient (Wildman–Crippen LogP) is 6.08. The highest BCUT2D eigenvalue weighted by atomic mass is 35.5. The van der Waals surface area contributed by atoms with Gasteiger partial charge in [0, 0.05) is 29.8 Å². The summed E-state index contributed by atoms with van der Waals surface area (Å²) in [6.07, 6.45) is 6.97. The molecule has 4 rings (SSSR count). The van der Waals surface area contributed by atoms with Gasteiger partial charge in [-0.25, -0.2) is 9.97 Å². The van der Waals surface area contributed by atoms with Crippen molar-refractivity contribution >= 4 is 22.4 Å². The van der Waals surface area contributed by atoms with Gasteiger partial charge in [-0.1, -0.05) is 79.5 Å². The molecule has 0 atom stereocenters. The molecule has 0 aliphatic rings. The molecule has 0 radical (unpaired) electrons. The molecule has 130 valence electrons. The molecule has 0 saturated carbocycles. The van der Waals surface area contributed by atoms with Crippen molar-refractivity contribution in [3.05, 3.63) is 78.0 Å². The number of nitrogens with zero attached hydrogens (tertiary/aromatic N) is 3. The van der Waals surface area contributed by atoms with Crippen LogP contribution in [0.15, 0.2) is 67.0 Å². The van der Waals surface area contributed by atoms with Crippen LogP contribution in [0.5, 0.6) is 0 Å². The van der Waals surface area contributed by atoms with Gasteiger partial charge in [0.15, 0.2) is 0 Å². The first-order chi connectivity index (χ1) is 12.8. The maximum absolute atomic E-state index is 6.67. The van der Waals surface area contributed by atoms with Gasteiger partial charge in [-0.15, -0.1) is 0 Å². The van der Waals surface area contributed by atoms with E-state index >= 15 is 0 Å². The molecule has 2 aromatic heterocycles. The summed E-state index contributed by atoms with van der Waals surface area (Å²) in [6, 6.07) is 18.5. The van der Waals surface area contributed by atoms with E-state index in [1.54, 1.807) is 0 Å². The summed E-state index contributed by atoms with van der Waals surface area (Å²) in [7, 11) is 0. The first-order valence-corrected chi connectivity index (χ1v) is 9.33. The van der Waals surface area contributed by atoms with Gasteiger partial charge in [-0.3, -0.25) is 4.57 Å². The fraction of sp³-hybridized carbons (Fsp3) is 0.182. The average molecular weight is 362 g/mol. The topological polar surface area (TPSA) is 30.7 Å². The number of aryl methyl sites for hydroxylation is 1. The Morgan fingerprint density at radius 1 is 0.962 bits per heavy atom. The molecule has 0 bridgehead atoms. The fourth-order valence-corrected chi connectivity index (χ4v) is 3.62. The number of imidazole rings is 1. The lowest BCUT2D eigenvalue weighted by molar-refractivity contribution is 0.736. The highest BCUT2D eigenvalue weighted by Crippen LogP contribution is 2.36. The van der Waals surface area contributed by atoms with Crippen LogP contribution in [0.2, 0.25) is 5.15 Å². The maximum Gasteiger partial charge on any atom is 0.147 e. The third-order valence-electron chi connectivity index (χ3n) is 4.61. The number of fused-ring (bicyclic) bond motifs is 1. The summed E-state index contributed by atoms with van der Waals surface area (Å²) in [6.45, 7) is 2.19. The number of hydrogen-bond acceptors (Lipinski definition) is 2. The van der Waals surface area contributed by atoms with Crippen molar-refractivity contribution in [3.8, 4) is 16.9 Å². The number of aromatic nitrogens is 3. The fourth-order valence-electron chi connectivity index (χ4n) is 3.33. The number of rotatable bonds is 5. The molecule has 0 aliphatic heterocycles. The van der Waals surface area contributed by atoms with E-state index in [2.05, 4.69) is 40.7 Å². The summed E-state index contributed by atoms with van der Waals surface area (Å²) < 4.78 is 2.07. The third-order valence-corrected chi connectivity index (χ3v) is 4.88. The smallest absolute Gasteiger partial charge is 0.147 e. The van der Waals surface area contributed by atoms with E-state index < -0.39 is 0 Å². The van der Waals surface area contributed by atoms with Crippen molar-refractivity contribution in [2.75, 3.05) is 0 Å². The van der Waals surface area contributed by atoms with E-state index in [1.807, 2.05) is 42.7 Å². The molecule has 0 aliphatic carbocycles. The van der Waals surface area contributed by atoms with Gasteiger partial charge in [0.1, 0.15) is 16.8 Å². The molecule has 0 unspecified atom stereocenters. The standard InChI is InChI=1S/C22H20ClN3/c1-2-3-13-19-24-14-15-26(19)22-18-12-8-7-11-17(18)20(21(23)25-22)16-9-5-4-6-10-16/h4-12,14-15H,2-3,13H2,1H3. The zero-order valence-electron chi connectivity index (χ0n) is 14.7. The second-order valence-electron chi connectivity index (χ2n) is 6.33. The Bertz CT molecular complexity index is 1040. The third kappa shape index (κ3) is 2.99. The van der Waals surface area contributed by atoms with Crippen LogP contribution in [-0.2, 0) is 6.42 Å². The van der Waals surface area contributed by atoms with Gasteiger partial charge in [-0.2, -0.15) is 0 Å². The minimum atomic E-state index is 0.514. The maximum atomic E-state index is 6.67. The van der Waals surface area contributed by atoms with E-state index in [4.69, 9.17) is 16.6 Å². The SMILES string of the molecule is CCCCc1nccn1-c1nc(Cl)c(-c2ccccc2)c2ccccc12. The monoisotopic (exact) mass is 361 g/mol. The Kier molecular flexibility index (Phi) is 4.72. The van der Waals surface area contributed by atoms with Gasteiger partial charge in [-0.05, 0) is 17.4 Å². The Hall–Kier alpha value is -2.65. The molecule has 2 heterocycles. The van der Waals surface area contributed by atoms with Crippen molar-refractivity contribution in [3.63, 3.8) is 0 Å². The molecule has 3 nitrogen and oxygen atoms in total. The number of hydrogen-bond donors (Lipinski definition) is 0. The zero-order chi connectivity index (χ0) is 17.9. The van der Waals surface area contributed by atoms with E-state index in [0.29, 0.717) is 5.15 Å². The predicted molar refractivity (Wildman–Crippen MR) is 108 cm³/mol. The number of unbranched alkanes of at least 4 members (excludes halogenated alkanes) is 1. The second-order valence-corrected chi connectivity index (χ2v) is 6.69. The molecular formula is C22H20ClN3. The van der Waals surface area contributed by atoms with E-state index in [-0.39, 0.29) is 0 Å². The summed E-state index contributed by atoms with van der Waals surface area (Å²) in [5.41, 5.74) is 2.05. The lowest BCUT2D eigenvalue weighted by Gasteiger charge is -2.15. The van der Waals surface area contributed by atoms with Crippen molar-refractivity contribution in [2.24, 2.45) is 0 Å². The highest BCUT2D eigenvalue weighted by molar-refractivity contribution is 6.34. The van der Waals surface area contributed by atoms with Crippen molar-refractivity contribution < 1.29 is 0 Å². The van der Waals surface area contributed by atoms with Crippen LogP contribution in [0.25, 0.3) is 27.7 Å². The Labute approximate surface area is 158 Å². The number of pyridine rings is 1. The van der Waals surface area contributed by atoms with Crippen LogP contribution in [0.1, 0.15) is 25.6 Å². The summed E-state index contributed by atoms with van der Waals surface area (Å²) in [5.74, 6) is 1.86. The van der Waals surface area contributed by atoms with Gasteiger partial charge >= 0.3 is 0 Å². The van der Waals surface area contributed by atoms with Crippen molar-refractivity contribution in [2.45, 2.75) is 26.2 Å². The zero-order valence-corrected chi connectivity index (χ0v) is 15.4. The van der Waals surface area contributed by atoms with Crippen LogP contribution in [0.4, 0.5) is 0 Å². The quantitative estimate of drug-likeness (QED) is 0.403. The van der Waals surface area contributed by atoms with E-state index in [9.17, 15) is 0 Å². The minimum Gasteiger partial charge on any atom is -0.287 e. The Morgan fingerprint density at radius 2 is 1.69 bits per heavy atom. The minimum absolute atomic E-state index is 0.514. The first kappa shape index (κ1) is 16.8. The molecular weight excluding hydrogens is 342 g/mol. The molecule has 0 fully saturated rings. The van der Waals surface area contributed by atoms with Gasteiger partial charge in [0.2, 0.25) is 0 Å². The van der Waals surface area contributed by atoms with E-state index in [1.165, 1.54) is 0 Å². The molecule has 2 aromatic carbocycles. The molecule has 0 spiro atoms. The summed E-state index contributed by atoms with van der Waals surface area (Å²) in [5, 5.41) is 2.69. The van der Waals surface area contributed by atoms with Gasteiger partial charge in [0.05, 0.1) is 0 Å². The van der Waals surface area contributed by atoms with Gasteiger partial charge < -0.3 is 0 Å². The van der Waals surface area contributed by atoms with Crippen LogP contribution in [-0.4, -0.2) is 14.5 Å².